The lowest BCUT2D eigenvalue weighted by molar-refractivity contribution is -0.227. The van der Waals surface area contributed by atoms with Gasteiger partial charge in [-0.05, 0) is 12.1 Å². The highest BCUT2D eigenvalue weighted by Gasteiger charge is 2.48. The third-order valence-corrected chi connectivity index (χ3v) is 5.00. The van der Waals surface area contributed by atoms with Crippen LogP contribution in [0, 0.1) is 0 Å². The van der Waals surface area contributed by atoms with Crippen LogP contribution in [0.1, 0.15) is 31.9 Å². The fraction of sp³-hybridized carbons (Fsp3) is 0.444. The number of carbonyl (C=O) groups is 3. The molecule has 0 radical (unpaired) electrons. The Bertz CT molecular complexity index is 831. The fourth-order valence-corrected chi connectivity index (χ4v) is 4.02. The standard InChI is InChI=1S/C18H19NO7S/c1-9(20)24-13-8-23-17(16(26-11(3)22)15(13)25-10(2)21)18-19-12-6-4-5-7-14(12)27-18/h4-7,13,15-17H,8H2,1-3H3/t13-,15+,16-,17-/m1/s1. The van der Waals surface area contributed by atoms with Crippen LogP contribution in [0.3, 0.4) is 0 Å². The molecule has 1 aromatic carbocycles. The normalized spacial score (nSPS) is 25.0. The zero-order valence-electron chi connectivity index (χ0n) is 15.0. The van der Waals surface area contributed by atoms with Gasteiger partial charge in [0.25, 0.3) is 0 Å². The Hall–Kier alpha value is -2.52. The highest BCUT2D eigenvalue weighted by atomic mass is 32.1. The van der Waals surface area contributed by atoms with E-state index < -0.39 is 42.3 Å². The van der Waals surface area contributed by atoms with E-state index in [0.717, 1.165) is 10.2 Å². The summed E-state index contributed by atoms with van der Waals surface area (Å²) in [5.41, 5.74) is 0.786. The van der Waals surface area contributed by atoms with Gasteiger partial charge in [-0.15, -0.1) is 11.3 Å². The zero-order valence-corrected chi connectivity index (χ0v) is 15.9. The van der Waals surface area contributed by atoms with Crippen molar-refractivity contribution in [3.63, 3.8) is 0 Å². The van der Waals surface area contributed by atoms with Gasteiger partial charge < -0.3 is 18.9 Å². The largest absolute Gasteiger partial charge is 0.456 e. The fourth-order valence-electron chi connectivity index (χ4n) is 2.96. The molecule has 144 valence electrons. The van der Waals surface area contributed by atoms with E-state index in [4.69, 9.17) is 18.9 Å². The number of para-hydroxylation sites is 1. The van der Waals surface area contributed by atoms with Crippen LogP contribution in [0.25, 0.3) is 10.2 Å². The predicted molar refractivity (Wildman–Crippen MR) is 95.0 cm³/mol. The van der Waals surface area contributed by atoms with Crippen LogP contribution in [0.4, 0.5) is 0 Å². The maximum atomic E-state index is 11.7. The molecule has 1 aliphatic heterocycles. The molecule has 0 bridgehead atoms. The summed E-state index contributed by atoms with van der Waals surface area (Å²) in [5.74, 6) is -1.71. The quantitative estimate of drug-likeness (QED) is 0.575. The number of ether oxygens (including phenoxy) is 4. The van der Waals surface area contributed by atoms with Gasteiger partial charge in [-0.1, -0.05) is 12.1 Å². The number of carbonyl (C=O) groups excluding carboxylic acids is 3. The first-order valence-electron chi connectivity index (χ1n) is 8.34. The summed E-state index contributed by atoms with van der Waals surface area (Å²) in [6.45, 7) is 3.70. The SMILES string of the molecule is CC(=O)O[C@@H]1[C@@H](OC(C)=O)[C@H](c2nc3ccccc3s2)OC[C@H]1OC(C)=O. The first kappa shape index (κ1) is 19.2. The maximum absolute atomic E-state index is 11.7. The number of benzene rings is 1. The summed E-state index contributed by atoms with van der Waals surface area (Å²) in [7, 11) is 0. The monoisotopic (exact) mass is 393 g/mol. The molecule has 27 heavy (non-hydrogen) atoms. The Morgan fingerprint density at radius 1 is 1.00 bits per heavy atom. The van der Waals surface area contributed by atoms with Crippen molar-refractivity contribution in [3.05, 3.63) is 29.3 Å². The Morgan fingerprint density at radius 2 is 1.63 bits per heavy atom. The molecule has 4 atom stereocenters. The number of rotatable bonds is 4. The van der Waals surface area contributed by atoms with Crippen molar-refractivity contribution in [1.82, 2.24) is 4.98 Å². The van der Waals surface area contributed by atoms with E-state index in [1.807, 2.05) is 24.3 Å². The minimum Gasteiger partial charge on any atom is -0.456 e. The van der Waals surface area contributed by atoms with Crippen molar-refractivity contribution in [2.75, 3.05) is 6.61 Å². The van der Waals surface area contributed by atoms with Crippen LogP contribution >= 0.6 is 11.3 Å². The van der Waals surface area contributed by atoms with Crippen molar-refractivity contribution >= 4 is 39.5 Å². The summed E-state index contributed by atoms with van der Waals surface area (Å²) < 4.78 is 22.8. The van der Waals surface area contributed by atoms with Crippen molar-refractivity contribution < 1.29 is 33.3 Å². The average Bonchev–Trinajstić information content (AvgIpc) is 3.00. The third-order valence-electron chi connectivity index (χ3n) is 3.90. The summed E-state index contributed by atoms with van der Waals surface area (Å²) in [6.07, 6.45) is -3.63. The van der Waals surface area contributed by atoms with Crippen molar-refractivity contribution in [3.8, 4) is 0 Å². The molecule has 0 aliphatic carbocycles. The van der Waals surface area contributed by atoms with Gasteiger partial charge in [-0.25, -0.2) is 4.98 Å². The molecule has 1 fully saturated rings. The van der Waals surface area contributed by atoms with Gasteiger partial charge in [0, 0.05) is 20.8 Å². The molecule has 8 nitrogen and oxygen atoms in total. The second-order valence-corrected chi connectivity index (χ2v) is 7.13. The average molecular weight is 393 g/mol. The smallest absolute Gasteiger partial charge is 0.303 e. The minimum atomic E-state index is -0.999. The van der Waals surface area contributed by atoms with E-state index >= 15 is 0 Å². The molecule has 0 unspecified atom stereocenters. The van der Waals surface area contributed by atoms with Crippen LogP contribution in [-0.4, -0.2) is 47.8 Å². The van der Waals surface area contributed by atoms with Gasteiger partial charge >= 0.3 is 17.9 Å². The van der Waals surface area contributed by atoms with Gasteiger partial charge in [0.15, 0.2) is 18.3 Å². The molecule has 1 saturated heterocycles. The summed E-state index contributed by atoms with van der Waals surface area (Å²) in [6, 6.07) is 7.55. The maximum Gasteiger partial charge on any atom is 0.303 e. The molecule has 1 aromatic heterocycles. The molecule has 0 amide bonds. The van der Waals surface area contributed by atoms with E-state index in [1.165, 1.54) is 32.1 Å². The Balaban J connectivity index is 1.97. The van der Waals surface area contributed by atoms with Crippen LogP contribution in [0.15, 0.2) is 24.3 Å². The zero-order chi connectivity index (χ0) is 19.6. The number of aromatic nitrogens is 1. The molecular formula is C18H19NO7S. The van der Waals surface area contributed by atoms with Gasteiger partial charge in [-0.2, -0.15) is 0 Å². The number of esters is 3. The molecule has 1 aliphatic rings. The Kier molecular flexibility index (Phi) is 5.71. The number of thiazole rings is 1. The number of hydrogen-bond donors (Lipinski definition) is 0. The summed E-state index contributed by atoms with van der Waals surface area (Å²) >= 11 is 1.40. The second-order valence-electron chi connectivity index (χ2n) is 6.07. The minimum absolute atomic E-state index is 0.0180. The van der Waals surface area contributed by atoms with E-state index in [2.05, 4.69) is 4.98 Å². The lowest BCUT2D eigenvalue weighted by Gasteiger charge is -2.39. The van der Waals surface area contributed by atoms with Gasteiger partial charge in [0.2, 0.25) is 0 Å². The number of fused-ring (bicyclic) bond motifs is 1. The number of nitrogens with zero attached hydrogens (tertiary/aromatic N) is 1. The van der Waals surface area contributed by atoms with Gasteiger partial charge in [0.05, 0.1) is 16.8 Å². The van der Waals surface area contributed by atoms with Gasteiger partial charge in [0.1, 0.15) is 11.1 Å². The lowest BCUT2D eigenvalue weighted by atomic mass is 9.99. The molecule has 0 spiro atoms. The van der Waals surface area contributed by atoms with E-state index in [1.54, 1.807) is 0 Å². The van der Waals surface area contributed by atoms with Crippen LogP contribution in [0.5, 0.6) is 0 Å². The summed E-state index contributed by atoms with van der Waals surface area (Å²) in [5, 5.41) is 0.584. The van der Waals surface area contributed by atoms with Crippen LogP contribution in [-0.2, 0) is 33.3 Å². The first-order chi connectivity index (χ1) is 12.8. The third kappa shape index (κ3) is 4.42. The molecular weight excluding hydrogens is 374 g/mol. The topological polar surface area (TPSA) is 101 Å². The van der Waals surface area contributed by atoms with E-state index in [9.17, 15) is 14.4 Å². The molecule has 0 saturated carbocycles. The predicted octanol–water partition coefficient (Wildman–Crippen LogP) is 2.16. The van der Waals surface area contributed by atoms with Crippen molar-refractivity contribution in [2.24, 2.45) is 0 Å². The lowest BCUT2D eigenvalue weighted by Crippen LogP contribution is -2.54. The highest BCUT2D eigenvalue weighted by molar-refractivity contribution is 7.18. The molecule has 3 rings (SSSR count). The number of hydrogen-bond acceptors (Lipinski definition) is 9. The van der Waals surface area contributed by atoms with Gasteiger partial charge in [-0.3, -0.25) is 14.4 Å². The van der Waals surface area contributed by atoms with E-state index in [-0.39, 0.29) is 6.61 Å². The molecule has 2 heterocycles. The Labute approximate surface area is 159 Å². The Morgan fingerprint density at radius 3 is 2.26 bits per heavy atom. The second kappa shape index (κ2) is 8.01. The van der Waals surface area contributed by atoms with E-state index in [0.29, 0.717) is 5.01 Å². The van der Waals surface area contributed by atoms with Crippen LogP contribution in [0.2, 0.25) is 0 Å². The van der Waals surface area contributed by atoms with Crippen molar-refractivity contribution in [1.29, 1.82) is 0 Å². The van der Waals surface area contributed by atoms with Crippen LogP contribution < -0.4 is 0 Å². The first-order valence-corrected chi connectivity index (χ1v) is 9.15. The van der Waals surface area contributed by atoms with Crippen molar-refractivity contribution in [2.45, 2.75) is 45.2 Å². The highest BCUT2D eigenvalue weighted by Crippen LogP contribution is 2.37. The molecule has 9 heteroatoms. The molecule has 2 aromatic rings. The summed E-state index contributed by atoms with van der Waals surface area (Å²) in [4.78, 5) is 39.2. The molecule has 0 N–H and O–H groups in total.